The number of benzene rings is 1. The van der Waals surface area contributed by atoms with Crippen molar-refractivity contribution in [2.24, 2.45) is 5.92 Å². The highest BCUT2D eigenvalue weighted by Gasteiger charge is 2.23. The molecule has 1 aromatic rings. The number of unbranched alkanes of at least 4 members (excludes halogenated alkanes) is 1. The summed E-state index contributed by atoms with van der Waals surface area (Å²) in [5.74, 6) is 1.43. The molecule has 104 valence electrons. The van der Waals surface area contributed by atoms with Crippen molar-refractivity contribution in [3.05, 3.63) is 29.8 Å². The van der Waals surface area contributed by atoms with E-state index in [4.69, 9.17) is 0 Å². The fraction of sp³-hybridized carbons (Fsp3) is 0.533. The number of hydrogen-bond acceptors (Lipinski definition) is 3. The minimum Gasteiger partial charge on any atom is -0.384 e. The first kappa shape index (κ1) is 14.3. The summed E-state index contributed by atoms with van der Waals surface area (Å²) in [7, 11) is 0. The first-order chi connectivity index (χ1) is 9.31. The average molecular weight is 278 g/mol. The van der Waals surface area contributed by atoms with Gasteiger partial charge >= 0.3 is 0 Å². The molecule has 3 nitrogen and oxygen atoms in total. The maximum Gasteiger partial charge on any atom is 0.225 e. The predicted molar refractivity (Wildman–Crippen MR) is 82.8 cm³/mol. The molecule has 2 rings (SSSR count). The van der Waals surface area contributed by atoms with E-state index in [1.807, 2.05) is 23.9 Å². The van der Waals surface area contributed by atoms with Crippen LogP contribution in [0.15, 0.2) is 24.3 Å². The van der Waals surface area contributed by atoms with E-state index in [-0.39, 0.29) is 11.8 Å². The van der Waals surface area contributed by atoms with Crippen LogP contribution >= 0.6 is 11.8 Å². The molecule has 0 saturated heterocycles. The lowest BCUT2D eigenvalue weighted by molar-refractivity contribution is -0.124. The zero-order valence-corrected chi connectivity index (χ0v) is 12.3. The summed E-state index contributed by atoms with van der Waals surface area (Å²) in [6.45, 7) is 1.55. The number of thioether (sulfide) groups is 1. The summed E-state index contributed by atoms with van der Waals surface area (Å²) < 4.78 is 0. The highest BCUT2D eigenvalue weighted by molar-refractivity contribution is 7.98. The van der Waals surface area contributed by atoms with E-state index in [1.165, 1.54) is 23.4 Å². The Hall–Kier alpha value is -1.16. The fourth-order valence-electron chi connectivity index (χ4n) is 2.35. The molecule has 2 N–H and O–H groups in total. The predicted octanol–water partition coefficient (Wildman–Crippen LogP) is 2.53. The number of rotatable bonds is 6. The van der Waals surface area contributed by atoms with Gasteiger partial charge in [0.1, 0.15) is 0 Å². The smallest absolute Gasteiger partial charge is 0.225 e. The molecule has 1 aromatic carbocycles. The molecule has 0 spiro atoms. The number of anilines is 1. The van der Waals surface area contributed by atoms with Crippen LogP contribution in [0.1, 0.15) is 18.4 Å². The number of hydrogen-bond donors (Lipinski definition) is 2. The largest absolute Gasteiger partial charge is 0.384 e. The molecule has 1 aliphatic heterocycles. The lowest BCUT2D eigenvalue weighted by atomic mass is 9.93. The highest BCUT2D eigenvalue weighted by Crippen LogP contribution is 2.24. The van der Waals surface area contributed by atoms with Gasteiger partial charge in [0.25, 0.3) is 0 Å². The summed E-state index contributed by atoms with van der Waals surface area (Å²) in [6.07, 6.45) is 5.21. The van der Waals surface area contributed by atoms with Crippen molar-refractivity contribution in [1.29, 1.82) is 0 Å². The molecule has 0 bridgehead atoms. The van der Waals surface area contributed by atoms with E-state index < -0.39 is 0 Å². The molecule has 19 heavy (non-hydrogen) atoms. The number of para-hydroxylation sites is 1. The lowest BCUT2D eigenvalue weighted by Gasteiger charge is -2.25. The van der Waals surface area contributed by atoms with Gasteiger partial charge < -0.3 is 10.6 Å². The third-order valence-corrected chi connectivity index (χ3v) is 4.16. The van der Waals surface area contributed by atoms with Gasteiger partial charge in [-0.2, -0.15) is 11.8 Å². The Morgan fingerprint density at radius 1 is 1.42 bits per heavy atom. The molecule has 0 fully saturated rings. The summed E-state index contributed by atoms with van der Waals surface area (Å²) in [6, 6.07) is 8.23. The van der Waals surface area contributed by atoms with Gasteiger partial charge in [0.15, 0.2) is 0 Å². The van der Waals surface area contributed by atoms with Gasteiger partial charge in [-0.25, -0.2) is 0 Å². The second kappa shape index (κ2) is 7.43. The van der Waals surface area contributed by atoms with Crippen molar-refractivity contribution >= 4 is 23.4 Å². The minimum absolute atomic E-state index is 0.0652. The van der Waals surface area contributed by atoms with Crippen molar-refractivity contribution in [2.45, 2.75) is 19.3 Å². The normalized spacial score (nSPS) is 17.4. The number of nitrogens with one attached hydrogen (secondary N) is 2. The Morgan fingerprint density at radius 2 is 2.26 bits per heavy atom. The van der Waals surface area contributed by atoms with Crippen LogP contribution in [0.3, 0.4) is 0 Å². The molecule has 1 atom stereocenters. The first-order valence-corrected chi connectivity index (χ1v) is 8.29. The molecular weight excluding hydrogens is 256 g/mol. The molecule has 0 aliphatic carbocycles. The molecular formula is C15H22N2OS. The third kappa shape index (κ3) is 4.16. The van der Waals surface area contributed by atoms with Crippen LogP contribution < -0.4 is 10.6 Å². The molecule has 1 amide bonds. The molecule has 1 unspecified atom stereocenters. The molecule has 4 heteroatoms. The Morgan fingerprint density at radius 3 is 3.11 bits per heavy atom. The number of fused-ring (bicyclic) bond motifs is 1. The Labute approximate surface area is 119 Å². The molecule has 1 heterocycles. The zero-order chi connectivity index (χ0) is 13.5. The van der Waals surface area contributed by atoms with E-state index >= 15 is 0 Å². The van der Waals surface area contributed by atoms with Gasteiger partial charge in [0.2, 0.25) is 5.91 Å². The van der Waals surface area contributed by atoms with Gasteiger partial charge in [-0.3, -0.25) is 4.79 Å². The van der Waals surface area contributed by atoms with Crippen LogP contribution in [0.5, 0.6) is 0 Å². The van der Waals surface area contributed by atoms with Gasteiger partial charge in [-0.1, -0.05) is 18.2 Å². The first-order valence-electron chi connectivity index (χ1n) is 6.89. The van der Waals surface area contributed by atoms with Gasteiger partial charge in [-0.15, -0.1) is 0 Å². The Kier molecular flexibility index (Phi) is 5.58. The van der Waals surface area contributed by atoms with Crippen LogP contribution in [0.25, 0.3) is 0 Å². The fourth-order valence-corrected chi connectivity index (χ4v) is 2.85. The van der Waals surface area contributed by atoms with Crippen LogP contribution in [-0.4, -0.2) is 31.0 Å². The van der Waals surface area contributed by atoms with Crippen LogP contribution in [0.4, 0.5) is 5.69 Å². The van der Waals surface area contributed by atoms with E-state index in [0.29, 0.717) is 0 Å². The SMILES string of the molecule is CSCCCCNC(=O)C1CNc2ccccc2C1. The zero-order valence-electron chi connectivity index (χ0n) is 11.4. The quantitative estimate of drug-likeness (QED) is 0.786. The van der Waals surface area contributed by atoms with Crippen molar-refractivity contribution < 1.29 is 4.79 Å². The van der Waals surface area contributed by atoms with E-state index in [1.54, 1.807) is 0 Å². The number of carbonyl (C=O) groups is 1. The molecule has 0 radical (unpaired) electrons. The summed E-state index contributed by atoms with van der Waals surface area (Å²) in [5.41, 5.74) is 2.42. The summed E-state index contributed by atoms with van der Waals surface area (Å²) in [5, 5.41) is 6.39. The summed E-state index contributed by atoms with van der Waals surface area (Å²) >= 11 is 1.86. The van der Waals surface area contributed by atoms with Crippen molar-refractivity contribution in [3.8, 4) is 0 Å². The van der Waals surface area contributed by atoms with E-state index in [9.17, 15) is 4.79 Å². The third-order valence-electron chi connectivity index (χ3n) is 3.47. The van der Waals surface area contributed by atoms with Crippen molar-refractivity contribution in [1.82, 2.24) is 5.32 Å². The highest BCUT2D eigenvalue weighted by atomic mass is 32.2. The Balaban J connectivity index is 1.76. The maximum atomic E-state index is 12.1. The lowest BCUT2D eigenvalue weighted by Crippen LogP contribution is -2.38. The second-order valence-corrected chi connectivity index (χ2v) is 5.92. The monoisotopic (exact) mass is 278 g/mol. The van der Waals surface area contributed by atoms with Gasteiger partial charge in [0, 0.05) is 18.8 Å². The minimum atomic E-state index is 0.0652. The number of carbonyl (C=O) groups excluding carboxylic acids is 1. The molecule has 0 aromatic heterocycles. The number of amides is 1. The topological polar surface area (TPSA) is 41.1 Å². The van der Waals surface area contributed by atoms with E-state index in [0.717, 1.165) is 25.9 Å². The second-order valence-electron chi connectivity index (χ2n) is 4.93. The standard InChI is InChI=1S/C15H22N2OS/c1-19-9-5-4-8-16-15(18)13-10-12-6-2-3-7-14(12)17-11-13/h2-3,6-7,13,17H,4-5,8-11H2,1H3,(H,16,18). The van der Waals surface area contributed by atoms with Crippen molar-refractivity contribution in [3.63, 3.8) is 0 Å². The van der Waals surface area contributed by atoms with Crippen LogP contribution in [-0.2, 0) is 11.2 Å². The Bertz CT molecular complexity index is 422. The molecule has 1 aliphatic rings. The van der Waals surface area contributed by atoms with Crippen LogP contribution in [0, 0.1) is 5.92 Å². The van der Waals surface area contributed by atoms with Gasteiger partial charge in [0.05, 0.1) is 5.92 Å². The molecule has 0 saturated carbocycles. The van der Waals surface area contributed by atoms with Gasteiger partial charge in [-0.05, 0) is 42.9 Å². The van der Waals surface area contributed by atoms with Crippen molar-refractivity contribution in [2.75, 3.05) is 30.4 Å². The maximum absolute atomic E-state index is 12.1. The van der Waals surface area contributed by atoms with Crippen LogP contribution in [0.2, 0.25) is 0 Å². The average Bonchev–Trinajstić information content (AvgIpc) is 2.46. The summed E-state index contributed by atoms with van der Waals surface area (Å²) in [4.78, 5) is 12.1. The van der Waals surface area contributed by atoms with E-state index in [2.05, 4.69) is 29.0 Å².